The summed E-state index contributed by atoms with van der Waals surface area (Å²) in [5, 5.41) is 4.80. The summed E-state index contributed by atoms with van der Waals surface area (Å²) >= 11 is 3.56. The Bertz CT molecular complexity index is 1060. The minimum absolute atomic E-state index is 1.09. The standard InChI is InChI=1S/C20H11Br/c21-16-8-5-7-14(12-16)20-13-15-6-1-2-9-17(15)18-10-3-4-11-19(18)20/h1,3-8,10-13H. The quantitative estimate of drug-likeness (QED) is 0.588. The molecule has 0 amide bonds. The Morgan fingerprint density at radius 2 is 1.71 bits per heavy atom. The second-order valence-corrected chi connectivity index (χ2v) is 5.96. The summed E-state index contributed by atoms with van der Waals surface area (Å²) in [4.78, 5) is 0. The number of hydrogen-bond acceptors (Lipinski definition) is 0. The van der Waals surface area contributed by atoms with Gasteiger partial charge < -0.3 is 0 Å². The molecule has 0 aliphatic heterocycles. The maximum absolute atomic E-state index is 3.56. The topological polar surface area (TPSA) is 0 Å². The normalized spacial score (nSPS) is 11.9. The maximum Gasteiger partial charge on any atom is 0.0400 e. The number of halogens is 1. The molecule has 1 aliphatic rings. The lowest BCUT2D eigenvalue weighted by Crippen LogP contribution is -2.25. The van der Waals surface area contributed by atoms with Crippen molar-refractivity contribution in [2.45, 2.75) is 0 Å². The van der Waals surface area contributed by atoms with Crippen LogP contribution < -0.4 is 10.4 Å². The molecule has 0 atom stereocenters. The lowest BCUT2D eigenvalue weighted by Gasteiger charge is -2.09. The number of benzene rings is 3. The predicted molar refractivity (Wildman–Crippen MR) is 92.3 cm³/mol. The molecule has 1 aliphatic carbocycles. The zero-order valence-corrected chi connectivity index (χ0v) is 12.8. The van der Waals surface area contributed by atoms with Crippen LogP contribution in [0.25, 0.3) is 33.7 Å². The van der Waals surface area contributed by atoms with Crippen LogP contribution in [0.3, 0.4) is 0 Å². The molecule has 0 N–H and O–H groups in total. The molecule has 4 rings (SSSR count). The summed E-state index contributed by atoms with van der Waals surface area (Å²) < 4.78 is 1.09. The SMILES string of the molecule is Brc1cccc(-c2cc3c(c4ccccc24)=C=C=CC=3)c1. The van der Waals surface area contributed by atoms with Crippen LogP contribution in [0.2, 0.25) is 0 Å². The highest BCUT2D eigenvalue weighted by Crippen LogP contribution is 2.27. The van der Waals surface area contributed by atoms with Crippen LogP contribution in [0.4, 0.5) is 0 Å². The molecule has 0 fully saturated rings. The van der Waals surface area contributed by atoms with Crippen molar-refractivity contribution in [3.05, 3.63) is 81.3 Å². The average Bonchev–Trinajstić information content (AvgIpc) is 2.54. The van der Waals surface area contributed by atoms with Crippen molar-refractivity contribution in [3.8, 4) is 11.1 Å². The molecule has 0 bridgehead atoms. The van der Waals surface area contributed by atoms with Crippen LogP contribution in [0, 0.1) is 0 Å². The molecule has 0 radical (unpaired) electrons. The number of rotatable bonds is 1. The second-order valence-electron chi connectivity index (χ2n) is 5.05. The molecule has 0 saturated carbocycles. The summed E-state index contributed by atoms with van der Waals surface area (Å²) in [7, 11) is 0. The molecule has 3 aromatic rings. The Balaban J connectivity index is 2.21. The monoisotopic (exact) mass is 330 g/mol. The van der Waals surface area contributed by atoms with Gasteiger partial charge >= 0.3 is 0 Å². The number of fused-ring (bicyclic) bond motifs is 3. The van der Waals surface area contributed by atoms with E-state index in [1.54, 1.807) is 0 Å². The van der Waals surface area contributed by atoms with Crippen molar-refractivity contribution < 1.29 is 0 Å². The smallest absolute Gasteiger partial charge is 0.0400 e. The summed E-state index contributed by atoms with van der Waals surface area (Å²) in [5.41, 5.74) is 8.78. The van der Waals surface area contributed by atoms with Crippen LogP contribution >= 0.6 is 15.9 Å². The number of allylic oxidation sites excluding steroid dienone is 1. The van der Waals surface area contributed by atoms with Crippen LogP contribution in [-0.4, -0.2) is 0 Å². The Hall–Kier alpha value is -2.30. The van der Waals surface area contributed by atoms with Gasteiger partial charge in [-0.1, -0.05) is 63.8 Å². The van der Waals surface area contributed by atoms with Crippen molar-refractivity contribution in [2.24, 2.45) is 0 Å². The van der Waals surface area contributed by atoms with E-state index in [1.807, 2.05) is 6.08 Å². The van der Waals surface area contributed by atoms with Gasteiger partial charge in [0.15, 0.2) is 0 Å². The van der Waals surface area contributed by atoms with Gasteiger partial charge in [0.05, 0.1) is 0 Å². The zero-order valence-electron chi connectivity index (χ0n) is 11.2. The first-order valence-corrected chi connectivity index (χ1v) is 7.62. The van der Waals surface area contributed by atoms with Crippen molar-refractivity contribution in [2.75, 3.05) is 0 Å². The van der Waals surface area contributed by atoms with E-state index in [-0.39, 0.29) is 0 Å². The maximum atomic E-state index is 3.56. The van der Waals surface area contributed by atoms with Gasteiger partial charge in [-0.05, 0) is 57.5 Å². The van der Waals surface area contributed by atoms with Gasteiger partial charge in [-0.2, -0.15) is 0 Å². The summed E-state index contributed by atoms with van der Waals surface area (Å²) in [6.45, 7) is 0. The van der Waals surface area contributed by atoms with E-state index in [4.69, 9.17) is 0 Å². The van der Waals surface area contributed by atoms with Crippen LogP contribution in [0.1, 0.15) is 0 Å². The third kappa shape index (κ3) is 2.09. The highest BCUT2D eigenvalue weighted by molar-refractivity contribution is 9.10. The van der Waals surface area contributed by atoms with E-state index in [0.29, 0.717) is 0 Å². The van der Waals surface area contributed by atoms with Crippen molar-refractivity contribution in [1.29, 1.82) is 0 Å². The van der Waals surface area contributed by atoms with Crippen LogP contribution in [-0.2, 0) is 0 Å². The zero-order chi connectivity index (χ0) is 14.2. The van der Waals surface area contributed by atoms with Crippen molar-refractivity contribution in [1.82, 2.24) is 0 Å². The molecule has 0 unspecified atom stereocenters. The van der Waals surface area contributed by atoms with E-state index < -0.39 is 0 Å². The highest BCUT2D eigenvalue weighted by atomic mass is 79.9. The van der Waals surface area contributed by atoms with Gasteiger partial charge in [-0.15, -0.1) is 0 Å². The molecule has 0 aromatic heterocycles. The van der Waals surface area contributed by atoms with Crippen molar-refractivity contribution >= 4 is 38.5 Å². The molecular weight excluding hydrogens is 320 g/mol. The Morgan fingerprint density at radius 3 is 2.57 bits per heavy atom. The third-order valence-electron chi connectivity index (χ3n) is 3.75. The minimum atomic E-state index is 1.09. The molecule has 3 aromatic carbocycles. The second kappa shape index (κ2) is 4.91. The fourth-order valence-electron chi connectivity index (χ4n) is 2.81. The molecule has 0 heterocycles. The first-order valence-electron chi connectivity index (χ1n) is 6.83. The van der Waals surface area contributed by atoms with Gasteiger partial charge in [0, 0.05) is 9.69 Å². The van der Waals surface area contributed by atoms with Crippen LogP contribution in [0.15, 0.2) is 70.9 Å². The van der Waals surface area contributed by atoms with Gasteiger partial charge in [0.1, 0.15) is 0 Å². The largest absolute Gasteiger partial charge is 0.0695 e. The Labute approximate surface area is 131 Å². The Morgan fingerprint density at radius 1 is 0.857 bits per heavy atom. The fraction of sp³-hybridized carbons (Fsp3) is 0. The fourth-order valence-corrected chi connectivity index (χ4v) is 3.21. The van der Waals surface area contributed by atoms with E-state index in [1.165, 1.54) is 27.1 Å². The number of hydrogen-bond donors (Lipinski definition) is 0. The van der Waals surface area contributed by atoms with E-state index in [2.05, 4.69) is 88.1 Å². The minimum Gasteiger partial charge on any atom is -0.0695 e. The van der Waals surface area contributed by atoms with Crippen LogP contribution in [0.5, 0.6) is 0 Å². The van der Waals surface area contributed by atoms with Gasteiger partial charge in [-0.25, -0.2) is 0 Å². The van der Waals surface area contributed by atoms with Gasteiger partial charge in [0.2, 0.25) is 0 Å². The predicted octanol–water partition coefficient (Wildman–Crippen LogP) is 4.15. The lowest BCUT2D eigenvalue weighted by atomic mass is 9.95. The van der Waals surface area contributed by atoms with Gasteiger partial charge in [0.25, 0.3) is 0 Å². The lowest BCUT2D eigenvalue weighted by molar-refractivity contribution is 1.55. The molecule has 1 heteroatoms. The first kappa shape index (κ1) is 12.4. The summed E-state index contributed by atoms with van der Waals surface area (Å²) in [5.74, 6) is 0. The summed E-state index contributed by atoms with van der Waals surface area (Å²) in [6, 6.07) is 19.2. The van der Waals surface area contributed by atoms with E-state index in [0.717, 1.165) is 9.69 Å². The average molecular weight is 331 g/mol. The molecule has 21 heavy (non-hydrogen) atoms. The van der Waals surface area contributed by atoms with E-state index >= 15 is 0 Å². The molecular formula is C20H11Br. The van der Waals surface area contributed by atoms with Crippen molar-refractivity contribution in [3.63, 3.8) is 0 Å². The van der Waals surface area contributed by atoms with Gasteiger partial charge in [-0.3, -0.25) is 0 Å². The highest BCUT2D eigenvalue weighted by Gasteiger charge is 2.07. The molecule has 98 valence electrons. The molecule has 0 nitrogen and oxygen atoms in total. The third-order valence-corrected chi connectivity index (χ3v) is 4.25. The molecule has 0 saturated heterocycles. The molecule has 0 spiro atoms. The first-order chi connectivity index (χ1) is 10.3. The van der Waals surface area contributed by atoms with E-state index in [9.17, 15) is 0 Å². The summed E-state index contributed by atoms with van der Waals surface area (Å²) in [6.07, 6.45) is 4.02. The Kier molecular flexibility index (Phi) is 2.91.